The summed E-state index contributed by atoms with van der Waals surface area (Å²) in [6.07, 6.45) is 0. The van der Waals surface area contributed by atoms with Gasteiger partial charge in [-0.25, -0.2) is 0 Å². The standard InChI is InChI=1S/3C18H15P.CO.Ru.2H2/c3*1-4-10-16(11-5-1)19(17-12-6-2-7-13-17)18-14-8-3-9-15-18;1-2;;;/h3*1-15H;;;2*1H. The van der Waals surface area contributed by atoms with Crippen LogP contribution in [0.25, 0.3) is 0 Å². The fourth-order valence-corrected chi connectivity index (χ4v) is 13.5. The maximum atomic E-state index is 7.50. The van der Waals surface area contributed by atoms with Crippen molar-refractivity contribution in [3.05, 3.63) is 280 Å². The van der Waals surface area contributed by atoms with Gasteiger partial charge in [-0.15, -0.1) is 0 Å². The average Bonchev–Trinajstić information content (AvgIpc) is 3.34. The molecular formula is C55H49OP3Ru. The van der Waals surface area contributed by atoms with E-state index in [9.17, 15) is 0 Å². The van der Waals surface area contributed by atoms with Crippen molar-refractivity contribution in [3.63, 3.8) is 0 Å². The molecule has 0 radical (unpaired) electrons. The van der Waals surface area contributed by atoms with Crippen molar-refractivity contribution in [2.24, 2.45) is 0 Å². The molecular weight excluding hydrogens is 871 g/mol. The molecule has 0 spiro atoms. The molecule has 9 aromatic carbocycles. The van der Waals surface area contributed by atoms with Crippen LogP contribution in [0.1, 0.15) is 2.85 Å². The van der Waals surface area contributed by atoms with E-state index in [1.807, 2.05) is 0 Å². The number of benzene rings is 9. The van der Waals surface area contributed by atoms with Crippen LogP contribution in [-0.4, -0.2) is 0 Å². The van der Waals surface area contributed by atoms with Crippen molar-refractivity contribution in [1.29, 1.82) is 0 Å². The molecule has 0 aliphatic carbocycles. The van der Waals surface area contributed by atoms with Crippen LogP contribution >= 0.6 is 23.8 Å². The van der Waals surface area contributed by atoms with E-state index in [4.69, 9.17) is 4.65 Å². The van der Waals surface area contributed by atoms with Crippen molar-refractivity contribution in [3.8, 4) is 0 Å². The van der Waals surface area contributed by atoms with Crippen molar-refractivity contribution < 1.29 is 27.0 Å². The maximum absolute atomic E-state index is 7.50. The van der Waals surface area contributed by atoms with Gasteiger partial charge in [0.2, 0.25) is 0 Å². The second-order valence-corrected chi connectivity index (χ2v) is 19.7. The van der Waals surface area contributed by atoms with Crippen molar-refractivity contribution >= 4 is 71.5 Å². The van der Waals surface area contributed by atoms with E-state index in [0.29, 0.717) is 0 Å². The van der Waals surface area contributed by atoms with E-state index in [2.05, 4.69) is 280 Å². The Morgan fingerprint density at radius 2 is 0.283 bits per heavy atom. The van der Waals surface area contributed by atoms with E-state index >= 15 is 0 Å². The molecule has 1 nitrogen and oxygen atoms in total. The molecule has 0 heterocycles. The molecule has 0 amide bonds. The van der Waals surface area contributed by atoms with Gasteiger partial charge in [0.25, 0.3) is 0 Å². The van der Waals surface area contributed by atoms with E-state index in [-0.39, 0.29) is 22.3 Å². The summed E-state index contributed by atoms with van der Waals surface area (Å²) in [5.41, 5.74) is 0. The fraction of sp³-hybridized carbons (Fsp3) is 0. The minimum atomic E-state index is -0.446. The van der Waals surface area contributed by atoms with Gasteiger partial charge in [0.1, 0.15) is 0 Å². The molecule has 0 saturated heterocycles. The third kappa shape index (κ3) is 13.3. The third-order valence-electron chi connectivity index (χ3n) is 9.13. The van der Waals surface area contributed by atoms with Crippen LogP contribution < -0.4 is 47.7 Å². The van der Waals surface area contributed by atoms with Crippen LogP contribution in [0.15, 0.2) is 273 Å². The summed E-state index contributed by atoms with van der Waals surface area (Å²) in [6.45, 7) is 4.50. The van der Waals surface area contributed by atoms with E-state index in [0.717, 1.165) is 0 Å². The summed E-state index contributed by atoms with van der Waals surface area (Å²) >= 11 is 0. The van der Waals surface area contributed by atoms with Gasteiger partial charge in [0.15, 0.2) is 0 Å². The fourth-order valence-electron chi connectivity index (χ4n) is 6.54. The number of hydrogen-bond acceptors (Lipinski definition) is 0. The van der Waals surface area contributed by atoms with E-state index in [1.165, 1.54) is 47.7 Å². The van der Waals surface area contributed by atoms with Crippen LogP contribution in [0.3, 0.4) is 0 Å². The summed E-state index contributed by atoms with van der Waals surface area (Å²) in [4.78, 5) is 0. The Bertz CT molecular complexity index is 1930. The average molecular weight is 920 g/mol. The zero-order valence-corrected chi connectivity index (χ0v) is 37.5. The molecule has 298 valence electrons. The molecule has 9 aromatic rings. The third-order valence-corrected chi connectivity index (χ3v) is 16.5. The Morgan fingerprint density at radius 1 is 0.200 bits per heavy atom. The molecule has 5 heteroatoms. The molecule has 0 saturated carbocycles. The molecule has 0 aliphatic heterocycles. The SMILES string of the molecule is [C-]#[O+].[HH].[HH].[Ru].c1ccc(P(c2ccccc2)c2ccccc2)cc1.c1ccc(P(c2ccccc2)c2ccccc2)cc1.c1ccc(P(c2ccccc2)c2ccccc2)cc1. The zero-order valence-electron chi connectivity index (χ0n) is 33.1. The van der Waals surface area contributed by atoms with Crippen LogP contribution in [0, 0.1) is 6.65 Å². The minimum Gasteiger partial charge on any atom is -0.0622 e. The van der Waals surface area contributed by atoms with Crippen LogP contribution in [-0.2, 0) is 24.1 Å². The Labute approximate surface area is 376 Å². The molecule has 0 atom stereocenters. The van der Waals surface area contributed by atoms with Gasteiger partial charge in [-0.2, -0.15) is 0 Å². The van der Waals surface area contributed by atoms with Crippen LogP contribution in [0.2, 0.25) is 0 Å². The Balaban J connectivity index is 0.000000237. The van der Waals surface area contributed by atoms with Crippen molar-refractivity contribution in [1.82, 2.24) is 0 Å². The Kier molecular flexibility index (Phi) is 19.8. The van der Waals surface area contributed by atoms with Crippen LogP contribution in [0.4, 0.5) is 0 Å². The second kappa shape index (κ2) is 26.0. The molecule has 0 N–H and O–H groups in total. The van der Waals surface area contributed by atoms with Gasteiger partial charge in [-0.05, 0) is 71.5 Å². The number of hydrogen-bond donors (Lipinski definition) is 0. The quantitative estimate of drug-likeness (QED) is 0.0595. The number of rotatable bonds is 9. The predicted octanol–water partition coefficient (Wildman–Crippen LogP) is 10.8. The van der Waals surface area contributed by atoms with Gasteiger partial charge in [0, 0.05) is 22.3 Å². The van der Waals surface area contributed by atoms with Gasteiger partial charge < -0.3 is 0 Å². The second-order valence-electron chi connectivity index (χ2n) is 13.0. The molecule has 0 fully saturated rings. The zero-order chi connectivity index (χ0) is 40.7. The first-order valence-electron chi connectivity index (χ1n) is 19.4. The largest absolute Gasteiger partial charge is 0.0622 e. The molecule has 0 unspecified atom stereocenters. The monoisotopic (exact) mass is 920 g/mol. The first kappa shape index (κ1) is 45.7. The van der Waals surface area contributed by atoms with Gasteiger partial charge in [-0.1, -0.05) is 273 Å². The molecule has 9 rings (SSSR count). The molecule has 0 bridgehead atoms. The van der Waals surface area contributed by atoms with E-state index in [1.54, 1.807) is 0 Å². The molecule has 0 aliphatic rings. The maximum Gasteiger partial charge on any atom is 0 e. The van der Waals surface area contributed by atoms with Crippen molar-refractivity contribution in [2.45, 2.75) is 0 Å². The normalized spacial score (nSPS) is 10.1. The Morgan fingerprint density at radius 3 is 0.367 bits per heavy atom. The smallest absolute Gasteiger partial charge is 0 e. The molecule has 0 aromatic heterocycles. The minimum absolute atomic E-state index is 0. The van der Waals surface area contributed by atoms with Gasteiger partial charge >= 0.3 is 11.3 Å². The topological polar surface area (TPSA) is 19.9 Å². The Hall–Kier alpha value is -5.37. The molecule has 60 heavy (non-hydrogen) atoms. The summed E-state index contributed by atoms with van der Waals surface area (Å²) in [5.74, 6) is 0. The summed E-state index contributed by atoms with van der Waals surface area (Å²) < 4.78 is 7.50. The van der Waals surface area contributed by atoms with Gasteiger partial charge in [-0.3, -0.25) is 0 Å². The predicted molar refractivity (Wildman–Crippen MR) is 264 cm³/mol. The first-order chi connectivity index (χ1) is 29.3. The van der Waals surface area contributed by atoms with Gasteiger partial charge in [0.05, 0.1) is 0 Å². The van der Waals surface area contributed by atoms with E-state index < -0.39 is 23.8 Å². The summed E-state index contributed by atoms with van der Waals surface area (Å²) in [7, 11) is -1.34. The summed E-state index contributed by atoms with van der Waals surface area (Å²) in [6, 6.07) is 97.0. The van der Waals surface area contributed by atoms with Crippen molar-refractivity contribution in [2.75, 3.05) is 0 Å². The summed E-state index contributed by atoms with van der Waals surface area (Å²) in [5, 5.41) is 12.6. The first-order valence-corrected chi connectivity index (χ1v) is 23.4. The van der Waals surface area contributed by atoms with Crippen LogP contribution in [0.5, 0.6) is 0 Å².